The summed E-state index contributed by atoms with van der Waals surface area (Å²) in [7, 11) is 4.71. The number of carbonyl (C=O) groups is 2. The number of anilines is 1. The molecule has 1 amide bonds. The molecule has 0 aliphatic carbocycles. The fraction of sp³-hybridized carbons (Fsp3) is 0.500. The van der Waals surface area contributed by atoms with Crippen LogP contribution in [0.2, 0.25) is 0 Å². The maximum absolute atomic E-state index is 13.3. The maximum atomic E-state index is 13.3. The number of carbonyl (C=O) groups excluding carboxylic acids is 1. The molecule has 2 aromatic rings. The molecule has 0 spiro atoms. The third-order valence-electron chi connectivity index (χ3n) is 6.11. The van der Waals surface area contributed by atoms with Crippen LogP contribution in [-0.4, -0.2) is 38.3 Å². The first-order chi connectivity index (χ1) is 16.6. The van der Waals surface area contributed by atoms with E-state index in [4.69, 9.17) is 14.2 Å². The minimum absolute atomic E-state index is 0.114. The lowest BCUT2D eigenvalue weighted by Gasteiger charge is -2.25. The summed E-state index contributed by atoms with van der Waals surface area (Å²) >= 11 is 0. The van der Waals surface area contributed by atoms with Crippen LogP contribution in [0.25, 0.3) is 0 Å². The molecule has 0 heterocycles. The minimum Gasteiger partial charge on any atom is -0.493 e. The molecule has 0 saturated heterocycles. The molecule has 0 saturated carbocycles. The van der Waals surface area contributed by atoms with E-state index in [9.17, 15) is 14.7 Å². The van der Waals surface area contributed by atoms with Crippen molar-refractivity contribution in [3.05, 3.63) is 47.0 Å². The van der Waals surface area contributed by atoms with Crippen LogP contribution >= 0.6 is 0 Å². The van der Waals surface area contributed by atoms with Crippen LogP contribution < -0.4 is 19.5 Å². The van der Waals surface area contributed by atoms with Crippen LogP contribution in [0.1, 0.15) is 87.2 Å². The van der Waals surface area contributed by atoms with Gasteiger partial charge in [-0.2, -0.15) is 0 Å². The Morgan fingerprint density at radius 2 is 1.66 bits per heavy atom. The largest absolute Gasteiger partial charge is 0.493 e. The number of unbranched alkanes of at least 4 members (excludes halogenated alkanes) is 2. The van der Waals surface area contributed by atoms with Crippen LogP contribution in [0.15, 0.2) is 30.3 Å². The third kappa shape index (κ3) is 7.13. The van der Waals surface area contributed by atoms with Gasteiger partial charge in [-0.3, -0.25) is 4.79 Å². The zero-order valence-electron chi connectivity index (χ0n) is 22.0. The molecule has 192 valence electrons. The average Bonchev–Trinajstić information content (AvgIpc) is 2.81. The summed E-state index contributed by atoms with van der Waals surface area (Å²) in [5, 5.41) is 12.4. The number of hydrogen-bond donors (Lipinski definition) is 2. The Morgan fingerprint density at radius 1 is 0.971 bits per heavy atom. The van der Waals surface area contributed by atoms with E-state index < -0.39 is 5.97 Å². The standard InChI is InChI=1S/C28H39NO6/c1-8-9-10-11-18(20-13-15-23(33-5)26(35-7)25(20)34-6)17-24(30)29-22-16-19(27(31)32)12-14-21(22)28(2,3)4/h12-16,18H,8-11,17H2,1-7H3,(H,29,30)(H,31,32). The second kappa shape index (κ2) is 12.5. The number of rotatable bonds is 12. The summed E-state index contributed by atoms with van der Waals surface area (Å²) in [6.07, 6.45) is 4.11. The van der Waals surface area contributed by atoms with Crippen molar-refractivity contribution in [2.24, 2.45) is 0 Å². The number of carboxylic acid groups (broad SMARTS) is 1. The molecule has 2 rings (SSSR count). The second-order valence-corrected chi connectivity index (χ2v) is 9.68. The Morgan fingerprint density at radius 3 is 2.20 bits per heavy atom. The Labute approximate surface area is 208 Å². The fourth-order valence-electron chi connectivity index (χ4n) is 4.31. The first-order valence-electron chi connectivity index (χ1n) is 12.0. The number of nitrogens with one attached hydrogen (secondary N) is 1. The van der Waals surface area contributed by atoms with E-state index in [1.807, 2.05) is 32.9 Å². The molecule has 2 aromatic carbocycles. The number of carboxylic acids is 1. The highest BCUT2D eigenvalue weighted by Gasteiger charge is 2.26. The minimum atomic E-state index is -1.03. The molecule has 7 heteroatoms. The lowest BCUT2D eigenvalue weighted by molar-refractivity contribution is -0.116. The van der Waals surface area contributed by atoms with E-state index in [0.717, 1.165) is 36.8 Å². The number of hydrogen-bond acceptors (Lipinski definition) is 5. The molecule has 1 atom stereocenters. The van der Waals surface area contributed by atoms with Crippen LogP contribution in [0.3, 0.4) is 0 Å². The van der Waals surface area contributed by atoms with Crippen molar-refractivity contribution in [1.29, 1.82) is 0 Å². The van der Waals surface area contributed by atoms with Gasteiger partial charge < -0.3 is 24.6 Å². The van der Waals surface area contributed by atoms with Gasteiger partial charge in [0.1, 0.15) is 0 Å². The van der Waals surface area contributed by atoms with E-state index in [1.54, 1.807) is 33.5 Å². The first kappa shape index (κ1) is 28.0. The van der Waals surface area contributed by atoms with Crippen LogP contribution in [0.5, 0.6) is 17.2 Å². The molecular weight excluding hydrogens is 446 g/mol. The lowest BCUT2D eigenvalue weighted by atomic mass is 9.85. The Kier molecular flexibility index (Phi) is 9.99. The van der Waals surface area contributed by atoms with E-state index in [2.05, 4.69) is 12.2 Å². The van der Waals surface area contributed by atoms with Gasteiger partial charge in [0.05, 0.1) is 26.9 Å². The van der Waals surface area contributed by atoms with Gasteiger partial charge in [-0.1, -0.05) is 59.1 Å². The van der Waals surface area contributed by atoms with Crippen LogP contribution in [-0.2, 0) is 10.2 Å². The second-order valence-electron chi connectivity index (χ2n) is 9.68. The highest BCUT2D eigenvalue weighted by atomic mass is 16.5. The summed E-state index contributed by atoms with van der Waals surface area (Å²) in [4.78, 5) is 24.9. The summed E-state index contributed by atoms with van der Waals surface area (Å²) < 4.78 is 16.7. The van der Waals surface area contributed by atoms with Crippen molar-refractivity contribution in [2.45, 2.75) is 71.1 Å². The molecule has 1 unspecified atom stereocenters. The summed E-state index contributed by atoms with van der Waals surface area (Å²) in [6, 6.07) is 8.63. The van der Waals surface area contributed by atoms with Crippen LogP contribution in [0, 0.1) is 0 Å². The highest BCUT2D eigenvalue weighted by Crippen LogP contribution is 2.44. The Balaban J connectivity index is 2.42. The lowest BCUT2D eigenvalue weighted by Crippen LogP contribution is -2.21. The molecule has 0 radical (unpaired) electrons. The van der Waals surface area contributed by atoms with Gasteiger partial charge in [-0.15, -0.1) is 0 Å². The highest BCUT2D eigenvalue weighted by molar-refractivity contribution is 5.95. The summed E-state index contributed by atoms with van der Waals surface area (Å²) in [5.74, 6) is 0.286. The van der Waals surface area contributed by atoms with Crippen molar-refractivity contribution in [3.63, 3.8) is 0 Å². The average molecular weight is 486 g/mol. The number of ether oxygens (including phenoxy) is 3. The first-order valence-corrected chi connectivity index (χ1v) is 12.0. The zero-order chi connectivity index (χ0) is 26.2. The number of benzene rings is 2. The molecular formula is C28H39NO6. The molecule has 0 aliphatic heterocycles. The van der Waals surface area contributed by atoms with Crippen molar-refractivity contribution < 1.29 is 28.9 Å². The Hall–Kier alpha value is -3.22. The van der Waals surface area contributed by atoms with Gasteiger partial charge in [-0.25, -0.2) is 4.79 Å². The molecule has 0 aromatic heterocycles. The normalized spacial score (nSPS) is 12.1. The smallest absolute Gasteiger partial charge is 0.335 e. The zero-order valence-corrected chi connectivity index (χ0v) is 22.0. The third-order valence-corrected chi connectivity index (χ3v) is 6.11. The predicted octanol–water partition coefficient (Wildman–Crippen LogP) is 6.40. The molecule has 35 heavy (non-hydrogen) atoms. The number of amides is 1. The summed E-state index contributed by atoms with van der Waals surface area (Å²) in [5.41, 5.74) is 2.14. The van der Waals surface area contributed by atoms with E-state index in [-0.39, 0.29) is 29.2 Å². The van der Waals surface area contributed by atoms with E-state index in [0.29, 0.717) is 22.9 Å². The number of aromatic carboxylic acids is 1. The quantitative estimate of drug-likeness (QED) is 0.338. The van der Waals surface area contributed by atoms with Gasteiger partial charge in [0.25, 0.3) is 0 Å². The SMILES string of the molecule is CCCCCC(CC(=O)Nc1cc(C(=O)O)ccc1C(C)(C)C)c1ccc(OC)c(OC)c1OC. The van der Waals surface area contributed by atoms with Crippen molar-refractivity contribution in [2.75, 3.05) is 26.6 Å². The predicted molar refractivity (Wildman–Crippen MR) is 138 cm³/mol. The molecule has 0 bridgehead atoms. The summed E-state index contributed by atoms with van der Waals surface area (Å²) in [6.45, 7) is 8.23. The van der Waals surface area contributed by atoms with Gasteiger partial charge in [-0.05, 0) is 41.5 Å². The van der Waals surface area contributed by atoms with Crippen molar-refractivity contribution in [1.82, 2.24) is 0 Å². The molecule has 2 N–H and O–H groups in total. The molecule has 0 aliphatic rings. The maximum Gasteiger partial charge on any atom is 0.335 e. The fourth-order valence-corrected chi connectivity index (χ4v) is 4.31. The van der Waals surface area contributed by atoms with E-state index in [1.165, 1.54) is 6.07 Å². The van der Waals surface area contributed by atoms with Gasteiger partial charge in [0.15, 0.2) is 11.5 Å². The van der Waals surface area contributed by atoms with Gasteiger partial charge in [0.2, 0.25) is 11.7 Å². The Bertz CT molecular complexity index is 1020. The van der Waals surface area contributed by atoms with Crippen molar-refractivity contribution in [3.8, 4) is 17.2 Å². The van der Waals surface area contributed by atoms with Gasteiger partial charge in [0, 0.05) is 17.7 Å². The monoisotopic (exact) mass is 485 g/mol. The number of methoxy groups -OCH3 is 3. The van der Waals surface area contributed by atoms with E-state index >= 15 is 0 Å². The molecule has 7 nitrogen and oxygen atoms in total. The van der Waals surface area contributed by atoms with Gasteiger partial charge >= 0.3 is 5.97 Å². The van der Waals surface area contributed by atoms with Crippen molar-refractivity contribution >= 4 is 17.6 Å². The molecule has 0 fully saturated rings. The van der Waals surface area contributed by atoms with Crippen LogP contribution in [0.4, 0.5) is 5.69 Å². The topological polar surface area (TPSA) is 94.1 Å².